The molecule has 2 aromatic heterocycles. The Morgan fingerprint density at radius 1 is 1.07 bits per heavy atom. The number of carbonyl (C=O) groups is 1. The molecule has 3 aromatic rings. The molecular formula is C20H23N5O2S. The van der Waals surface area contributed by atoms with Gasteiger partial charge in [0.05, 0.1) is 18.0 Å². The number of nitrogens with zero attached hydrogens (tertiary/aromatic N) is 4. The Labute approximate surface area is 168 Å². The molecule has 1 aliphatic heterocycles. The summed E-state index contributed by atoms with van der Waals surface area (Å²) < 4.78 is 5.38. The third kappa shape index (κ3) is 5.03. The summed E-state index contributed by atoms with van der Waals surface area (Å²) in [6, 6.07) is 13.9. The summed E-state index contributed by atoms with van der Waals surface area (Å²) in [7, 11) is 0. The maximum atomic E-state index is 12.2. The summed E-state index contributed by atoms with van der Waals surface area (Å²) in [5.41, 5.74) is 1.11. The van der Waals surface area contributed by atoms with Gasteiger partial charge in [-0.1, -0.05) is 41.6 Å². The average Bonchev–Trinajstić information content (AvgIpc) is 3.41. The molecule has 0 saturated carbocycles. The van der Waals surface area contributed by atoms with Crippen LogP contribution >= 0.6 is 11.3 Å². The highest BCUT2D eigenvalue weighted by atomic mass is 32.1. The highest BCUT2D eigenvalue weighted by Gasteiger charge is 2.21. The Morgan fingerprint density at radius 2 is 1.86 bits per heavy atom. The zero-order valence-electron chi connectivity index (χ0n) is 15.6. The first-order valence-electron chi connectivity index (χ1n) is 9.38. The lowest BCUT2D eigenvalue weighted by atomic mass is 10.2. The second-order valence-electron chi connectivity index (χ2n) is 6.80. The van der Waals surface area contributed by atoms with Crippen LogP contribution in [0.1, 0.15) is 11.5 Å². The van der Waals surface area contributed by atoms with E-state index in [2.05, 4.69) is 25.3 Å². The topological polar surface area (TPSA) is 74.5 Å². The normalized spacial score (nSPS) is 15.6. The lowest BCUT2D eigenvalue weighted by molar-refractivity contribution is -0.122. The molecule has 8 heteroatoms. The van der Waals surface area contributed by atoms with Gasteiger partial charge in [0.1, 0.15) is 0 Å². The molecule has 4 rings (SSSR count). The molecule has 0 aliphatic carbocycles. The number of rotatable bonds is 7. The molecule has 1 saturated heterocycles. The van der Waals surface area contributed by atoms with Crippen molar-refractivity contribution in [2.24, 2.45) is 0 Å². The van der Waals surface area contributed by atoms with Crippen LogP contribution in [0.15, 0.2) is 52.4 Å². The number of amides is 1. The molecule has 146 valence electrons. The Kier molecular flexibility index (Phi) is 6.11. The third-order valence-corrected chi connectivity index (χ3v) is 5.60. The van der Waals surface area contributed by atoms with Gasteiger partial charge in [-0.15, -0.1) is 11.3 Å². The highest BCUT2D eigenvalue weighted by Crippen LogP contribution is 2.21. The van der Waals surface area contributed by atoms with E-state index in [1.807, 2.05) is 47.8 Å². The maximum absolute atomic E-state index is 12.2. The standard InChI is InChI=1S/C20H23N5O2S/c26-18(21-13-16-5-2-1-3-6-16)14-24-8-10-25(11-9-24)15-19-22-20(23-27-19)17-7-4-12-28-17/h1-7,12H,8-11,13-15H2,(H,21,26). The molecule has 7 nitrogen and oxygen atoms in total. The number of benzene rings is 1. The largest absolute Gasteiger partial charge is 0.351 e. The van der Waals surface area contributed by atoms with E-state index < -0.39 is 0 Å². The quantitative estimate of drug-likeness (QED) is 0.659. The number of nitrogens with one attached hydrogen (secondary N) is 1. The van der Waals surface area contributed by atoms with Crippen LogP contribution in [0.4, 0.5) is 0 Å². The van der Waals surface area contributed by atoms with Crippen molar-refractivity contribution < 1.29 is 9.32 Å². The van der Waals surface area contributed by atoms with Crippen molar-refractivity contribution in [3.05, 3.63) is 59.3 Å². The Bertz CT molecular complexity index is 873. The van der Waals surface area contributed by atoms with E-state index in [0.29, 0.717) is 31.3 Å². The van der Waals surface area contributed by atoms with Gasteiger partial charge < -0.3 is 9.84 Å². The van der Waals surface area contributed by atoms with E-state index in [1.165, 1.54) is 0 Å². The number of thiophene rings is 1. The molecular weight excluding hydrogens is 374 g/mol. The lowest BCUT2D eigenvalue weighted by Gasteiger charge is -2.33. The minimum atomic E-state index is 0.0646. The molecule has 1 N–H and O–H groups in total. The van der Waals surface area contributed by atoms with E-state index in [1.54, 1.807) is 11.3 Å². The Hall–Kier alpha value is -2.55. The fourth-order valence-corrected chi connectivity index (χ4v) is 3.83. The first kappa shape index (κ1) is 18.8. The van der Waals surface area contributed by atoms with Crippen LogP contribution in [-0.2, 0) is 17.9 Å². The van der Waals surface area contributed by atoms with Gasteiger partial charge in [-0.25, -0.2) is 0 Å². The predicted molar refractivity (Wildman–Crippen MR) is 108 cm³/mol. The Morgan fingerprint density at radius 3 is 2.61 bits per heavy atom. The molecule has 0 spiro atoms. The van der Waals surface area contributed by atoms with Crippen LogP contribution in [0.2, 0.25) is 0 Å². The number of aromatic nitrogens is 2. The lowest BCUT2D eigenvalue weighted by Crippen LogP contribution is -2.49. The van der Waals surface area contributed by atoms with Crippen LogP contribution in [0.5, 0.6) is 0 Å². The third-order valence-electron chi connectivity index (χ3n) is 4.73. The average molecular weight is 398 g/mol. The summed E-state index contributed by atoms with van der Waals surface area (Å²) >= 11 is 1.60. The first-order valence-corrected chi connectivity index (χ1v) is 10.3. The molecule has 0 unspecified atom stereocenters. The molecule has 1 aromatic carbocycles. The van der Waals surface area contributed by atoms with E-state index in [9.17, 15) is 4.79 Å². The van der Waals surface area contributed by atoms with Gasteiger partial charge in [-0.3, -0.25) is 14.6 Å². The van der Waals surface area contributed by atoms with E-state index >= 15 is 0 Å². The molecule has 3 heterocycles. The van der Waals surface area contributed by atoms with Crippen LogP contribution in [0.25, 0.3) is 10.7 Å². The highest BCUT2D eigenvalue weighted by molar-refractivity contribution is 7.13. The minimum absolute atomic E-state index is 0.0646. The molecule has 1 fully saturated rings. The van der Waals surface area contributed by atoms with Crippen LogP contribution in [0, 0.1) is 0 Å². The fourth-order valence-electron chi connectivity index (χ4n) is 3.18. The number of hydrogen-bond donors (Lipinski definition) is 1. The van der Waals surface area contributed by atoms with E-state index in [4.69, 9.17) is 4.52 Å². The predicted octanol–water partition coefficient (Wildman–Crippen LogP) is 2.23. The molecule has 0 atom stereocenters. The SMILES string of the molecule is O=C(CN1CCN(Cc2nc(-c3cccs3)no2)CC1)NCc1ccccc1. The molecule has 0 radical (unpaired) electrons. The van der Waals surface area contributed by atoms with Crippen molar-refractivity contribution >= 4 is 17.2 Å². The summed E-state index contributed by atoms with van der Waals surface area (Å²) in [4.78, 5) is 22.1. The Balaban J connectivity index is 1.19. The first-order chi connectivity index (χ1) is 13.8. The van der Waals surface area contributed by atoms with Crippen molar-refractivity contribution in [1.82, 2.24) is 25.3 Å². The summed E-state index contributed by atoms with van der Waals surface area (Å²) in [5.74, 6) is 1.35. The summed E-state index contributed by atoms with van der Waals surface area (Å²) in [6.45, 7) is 5.11. The summed E-state index contributed by atoms with van der Waals surface area (Å²) in [6.07, 6.45) is 0. The molecule has 28 heavy (non-hydrogen) atoms. The van der Waals surface area contributed by atoms with Gasteiger partial charge in [0.25, 0.3) is 0 Å². The monoisotopic (exact) mass is 397 g/mol. The van der Waals surface area contributed by atoms with Gasteiger partial charge in [0, 0.05) is 32.7 Å². The number of piperazine rings is 1. The van der Waals surface area contributed by atoms with Gasteiger partial charge >= 0.3 is 0 Å². The van der Waals surface area contributed by atoms with Gasteiger partial charge in [-0.2, -0.15) is 4.98 Å². The van der Waals surface area contributed by atoms with E-state index in [-0.39, 0.29) is 5.91 Å². The van der Waals surface area contributed by atoms with Crippen LogP contribution in [-0.4, -0.2) is 58.6 Å². The van der Waals surface area contributed by atoms with Gasteiger partial charge in [-0.05, 0) is 17.0 Å². The molecule has 1 aliphatic rings. The smallest absolute Gasteiger partial charge is 0.241 e. The minimum Gasteiger partial charge on any atom is -0.351 e. The zero-order chi connectivity index (χ0) is 19.2. The molecule has 0 bridgehead atoms. The second-order valence-corrected chi connectivity index (χ2v) is 7.75. The van der Waals surface area contributed by atoms with E-state index in [0.717, 1.165) is 36.6 Å². The van der Waals surface area contributed by atoms with Crippen molar-refractivity contribution in [3.63, 3.8) is 0 Å². The van der Waals surface area contributed by atoms with Crippen molar-refractivity contribution in [3.8, 4) is 10.7 Å². The van der Waals surface area contributed by atoms with Gasteiger partial charge in [0.2, 0.25) is 17.6 Å². The number of hydrogen-bond acceptors (Lipinski definition) is 7. The fraction of sp³-hybridized carbons (Fsp3) is 0.350. The van der Waals surface area contributed by atoms with Crippen molar-refractivity contribution in [1.29, 1.82) is 0 Å². The summed E-state index contributed by atoms with van der Waals surface area (Å²) in [5, 5.41) is 9.05. The second kappa shape index (κ2) is 9.09. The zero-order valence-corrected chi connectivity index (χ0v) is 16.4. The number of carbonyl (C=O) groups excluding carboxylic acids is 1. The molecule has 1 amide bonds. The van der Waals surface area contributed by atoms with Crippen molar-refractivity contribution in [2.45, 2.75) is 13.1 Å². The van der Waals surface area contributed by atoms with Crippen LogP contribution < -0.4 is 5.32 Å². The van der Waals surface area contributed by atoms with Gasteiger partial charge in [0.15, 0.2) is 0 Å². The maximum Gasteiger partial charge on any atom is 0.241 e. The van der Waals surface area contributed by atoms with Crippen LogP contribution in [0.3, 0.4) is 0 Å². The van der Waals surface area contributed by atoms with Crippen molar-refractivity contribution in [2.75, 3.05) is 32.7 Å².